The molecule has 0 aromatic heterocycles. The van der Waals surface area contributed by atoms with Gasteiger partial charge in [0.15, 0.2) is 0 Å². The first kappa shape index (κ1) is 26.7. The van der Waals surface area contributed by atoms with Crippen molar-refractivity contribution < 1.29 is 8.42 Å². The summed E-state index contributed by atoms with van der Waals surface area (Å²) in [6.45, 7) is 26.1. The zero-order valence-electron chi connectivity index (χ0n) is 18.1. The summed E-state index contributed by atoms with van der Waals surface area (Å²) in [4.78, 5) is 0. The van der Waals surface area contributed by atoms with Crippen molar-refractivity contribution in [2.75, 3.05) is 6.26 Å². The fourth-order valence-corrected chi connectivity index (χ4v) is 14.0. The van der Waals surface area contributed by atoms with Crippen molar-refractivity contribution in [3.8, 4) is 0 Å². The minimum Gasteiger partial charge on any atom is -0.424 e. The van der Waals surface area contributed by atoms with Gasteiger partial charge in [-0.25, -0.2) is 0 Å². The Kier molecular flexibility index (Phi) is 11.7. The van der Waals surface area contributed by atoms with Crippen molar-refractivity contribution in [2.45, 2.75) is 102 Å². The Labute approximate surface area is 162 Å². The van der Waals surface area contributed by atoms with Crippen molar-refractivity contribution in [1.29, 1.82) is 0 Å². The zero-order chi connectivity index (χ0) is 19.9. The molecule has 0 saturated carbocycles. The Bertz CT molecular complexity index is 422. The molecule has 1 heterocycles. The summed E-state index contributed by atoms with van der Waals surface area (Å²) in [7, 11) is -2.25. The first-order valence-corrected chi connectivity index (χ1v) is 14.6. The van der Waals surface area contributed by atoms with E-state index >= 15 is 0 Å². The molecule has 3 radical (unpaired) electrons. The Morgan fingerprint density at radius 1 is 0.750 bits per heavy atom. The minimum atomic E-state index is -1.86. The molecular formula is C19H40GeO2SSi-. The molecule has 0 atom stereocenters. The maximum Gasteiger partial charge on any atom is -0.0787 e. The van der Waals surface area contributed by atoms with Crippen molar-refractivity contribution in [3.05, 3.63) is 11.1 Å². The summed E-state index contributed by atoms with van der Waals surface area (Å²) in [6, 6.07) is 0. The van der Waals surface area contributed by atoms with Crippen LogP contribution in [0.3, 0.4) is 0 Å². The zero-order valence-corrected chi connectivity index (χ0v) is 22.1. The second-order valence-electron chi connectivity index (χ2n) is 9.69. The van der Waals surface area contributed by atoms with Crippen LogP contribution in [0.2, 0.25) is 25.6 Å². The van der Waals surface area contributed by atoms with Gasteiger partial charge in [-0.2, -0.15) is 0 Å². The van der Waals surface area contributed by atoms with Crippen molar-refractivity contribution in [1.82, 2.24) is 0 Å². The SMILES string of the molecule is CC(C)(C)[Si](C(C)(C)C)C(C)(C)C.CC1=C(C)[CH2][Ge][CH2]1.C[S-](=O)=O. The van der Waals surface area contributed by atoms with E-state index in [1.54, 1.807) is 11.1 Å². The second kappa shape index (κ2) is 10.6. The van der Waals surface area contributed by atoms with Gasteiger partial charge < -0.3 is 8.42 Å². The molecule has 0 spiro atoms. The normalized spacial score (nSPS) is 15.9. The van der Waals surface area contributed by atoms with Gasteiger partial charge >= 0.3 is 50.9 Å². The van der Waals surface area contributed by atoms with Crippen LogP contribution in [-0.2, 0) is 19.1 Å². The fourth-order valence-electron chi connectivity index (χ4n) is 4.11. The Balaban J connectivity index is 0. The molecule has 0 unspecified atom stereocenters. The van der Waals surface area contributed by atoms with Gasteiger partial charge in [-0.1, -0.05) is 79.3 Å². The average molecular weight is 433 g/mol. The van der Waals surface area contributed by atoms with Gasteiger partial charge in [0.2, 0.25) is 0 Å². The van der Waals surface area contributed by atoms with E-state index in [1.165, 1.54) is 10.5 Å². The Hall–Kier alpha value is 0.450. The molecule has 1 rings (SSSR count). The summed E-state index contributed by atoms with van der Waals surface area (Å²) in [5.41, 5.74) is 3.36. The molecule has 143 valence electrons. The fraction of sp³-hybridized carbons (Fsp3) is 0.895. The average Bonchev–Trinajstić information content (AvgIpc) is 2.55. The van der Waals surface area contributed by atoms with E-state index in [-0.39, 0.29) is 0 Å². The molecule has 0 saturated heterocycles. The van der Waals surface area contributed by atoms with Gasteiger partial charge in [0.1, 0.15) is 0 Å². The van der Waals surface area contributed by atoms with Crippen LogP contribution in [0.25, 0.3) is 0 Å². The van der Waals surface area contributed by atoms with Crippen LogP contribution in [0.15, 0.2) is 11.1 Å². The number of allylic oxidation sites excluding steroid dienone is 2. The van der Waals surface area contributed by atoms with Crippen molar-refractivity contribution in [3.63, 3.8) is 0 Å². The Morgan fingerprint density at radius 3 is 1.00 bits per heavy atom. The smallest absolute Gasteiger partial charge is 0.0787 e. The van der Waals surface area contributed by atoms with Crippen LogP contribution in [0.1, 0.15) is 76.2 Å². The Morgan fingerprint density at radius 2 is 0.958 bits per heavy atom. The van der Waals surface area contributed by atoms with Crippen LogP contribution in [0, 0.1) is 0 Å². The molecule has 24 heavy (non-hydrogen) atoms. The third-order valence-corrected chi connectivity index (χ3v) is 11.5. The van der Waals surface area contributed by atoms with Gasteiger partial charge in [0.05, 0.1) is 8.80 Å². The molecular weight excluding hydrogens is 393 g/mol. The van der Waals surface area contributed by atoms with E-state index in [4.69, 9.17) is 8.42 Å². The molecule has 0 aromatic carbocycles. The van der Waals surface area contributed by atoms with E-state index < -0.39 is 19.5 Å². The quantitative estimate of drug-likeness (QED) is 0.243. The number of hydrogen-bond donors (Lipinski definition) is 0. The summed E-state index contributed by atoms with van der Waals surface area (Å²) < 4.78 is 18.0. The molecule has 0 N–H and O–H groups in total. The molecule has 1 aliphatic heterocycles. The van der Waals surface area contributed by atoms with Crippen molar-refractivity contribution >= 4 is 34.9 Å². The maximum absolute atomic E-state index is 9.00. The van der Waals surface area contributed by atoms with Gasteiger partial charge in [-0.05, 0) is 15.1 Å². The second-order valence-corrected chi connectivity index (χ2v) is 18.3. The predicted octanol–water partition coefficient (Wildman–Crippen LogP) is 6.68. The van der Waals surface area contributed by atoms with E-state index in [1.807, 2.05) is 0 Å². The minimum absolute atomic E-state index is 0.391. The van der Waals surface area contributed by atoms with E-state index in [0.29, 0.717) is 30.5 Å². The molecule has 5 heteroatoms. The third kappa shape index (κ3) is 12.8. The van der Waals surface area contributed by atoms with Gasteiger partial charge in [0.25, 0.3) is 0 Å². The third-order valence-electron chi connectivity index (χ3n) is 3.76. The van der Waals surface area contributed by atoms with Crippen LogP contribution in [0.5, 0.6) is 0 Å². The summed E-state index contributed by atoms with van der Waals surface area (Å²) >= 11 is 0.477. The topological polar surface area (TPSA) is 34.1 Å². The monoisotopic (exact) mass is 434 g/mol. The molecule has 2 nitrogen and oxygen atoms in total. The van der Waals surface area contributed by atoms with Gasteiger partial charge in [0, 0.05) is 0 Å². The summed E-state index contributed by atoms with van der Waals surface area (Å²) in [5, 5.41) is 4.42. The summed E-state index contributed by atoms with van der Waals surface area (Å²) in [6.07, 6.45) is 1.08. The largest absolute Gasteiger partial charge is 0.424 e. The molecule has 0 fully saturated rings. The van der Waals surface area contributed by atoms with E-state index in [9.17, 15) is 0 Å². The van der Waals surface area contributed by atoms with E-state index in [2.05, 4.69) is 76.2 Å². The van der Waals surface area contributed by atoms with Gasteiger partial charge in [-0.3, -0.25) is 0 Å². The van der Waals surface area contributed by atoms with Gasteiger partial charge in [-0.15, -0.1) is 0 Å². The molecule has 0 amide bonds. The number of rotatable bonds is 0. The maximum atomic E-state index is 9.00. The van der Waals surface area contributed by atoms with Crippen LogP contribution >= 0.6 is 0 Å². The van der Waals surface area contributed by atoms with Crippen LogP contribution < -0.4 is 0 Å². The first-order chi connectivity index (χ1) is 10.4. The molecule has 0 aliphatic carbocycles. The van der Waals surface area contributed by atoms with Crippen LogP contribution in [-0.4, -0.2) is 30.5 Å². The first-order valence-electron chi connectivity index (χ1n) is 8.66. The van der Waals surface area contributed by atoms with E-state index in [0.717, 1.165) is 6.26 Å². The standard InChI is InChI=1S/C12H27Si.C6H10Ge.CH3O2S/c1-10(2,3)13(11(4,5)6)12(7,8)9;1-5-3-7-4-6(5)2;1-4(2)3/h1-9H3;3-4H2,1-2H3;1H3/q;;-1. The summed E-state index contributed by atoms with van der Waals surface area (Å²) in [5.74, 6) is 0. The van der Waals surface area contributed by atoms with Crippen molar-refractivity contribution in [2.24, 2.45) is 0 Å². The molecule has 0 aromatic rings. The predicted molar refractivity (Wildman–Crippen MR) is 113 cm³/mol. The molecule has 1 aliphatic rings. The molecule has 0 bridgehead atoms. The van der Waals surface area contributed by atoms with Crippen LogP contribution in [0.4, 0.5) is 0 Å². The number of hydrogen-bond acceptors (Lipinski definition) is 3.